The molecule has 6 nitrogen and oxygen atoms in total. The first-order valence-corrected chi connectivity index (χ1v) is 7.95. The summed E-state index contributed by atoms with van der Waals surface area (Å²) in [5.41, 5.74) is 6.83. The fourth-order valence-electron chi connectivity index (χ4n) is 1.97. The molecule has 0 fully saturated rings. The largest absolute Gasteiger partial charge is 0.507 e. The van der Waals surface area contributed by atoms with Gasteiger partial charge < -0.3 is 10.8 Å². The second kappa shape index (κ2) is 6.58. The molecule has 1 unspecified atom stereocenters. The first-order valence-electron chi connectivity index (χ1n) is 6.47. The van der Waals surface area contributed by atoms with E-state index in [1.807, 2.05) is 36.4 Å². The van der Waals surface area contributed by atoms with Crippen LogP contribution in [0, 0.1) is 11.3 Å². The van der Waals surface area contributed by atoms with Crippen molar-refractivity contribution >= 4 is 10.0 Å². The van der Waals surface area contributed by atoms with Crippen LogP contribution in [0.5, 0.6) is 5.75 Å². The highest BCUT2D eigenvalue weighted by Crippen LogP contribution is 2.23. The summed E-state index contributed by atoms with van der Waals surface area (Å²) >= 11 is 0. The van der Waals surface area contributed by atoms with Crippen molar-refractivity contribution in [3.05, 3.63) is 59.7 Å². The quantitative estimate of drug-likeness (QED) is 0.713. The van der Waals surface area contributed by atoms with Crippen LogP contribution in [0.4, 0.5) is 0 Å². The predicted octanol–water partition coefficient (Wildman–Crippen LogP) is 1.07. The van der Waals surface area contributed by atoms with Crippen LogP contribution in [-0.2, 0) is 16.4 Å². The van der Waals surface area contributed by atoms with E-state index in [0.29, 0.717) is 6.42 Å². The third-order valence-corrected chi connectivity index (χ3v) is 4.50. The van der Waals surface area contributed by atoms with Gasteiger partial charge in [0.05, 0.1) is 17.8 Å². The Morgan fingerprint density at radius 3 is 2.55 bits per heavy atom. The molecule has 7 heteroatoms. The maximum absolute atomic E-state index is 12.3. The molecular weight excluding hydrogens is 302 g/mol. The Bertz CT molecular complexity index is 799. The molecule has 1 atom stereocenters. The number of benzene rings is 2. The van der Waals surface area contributed by atoms with Crippen molar-refractivity contribution in [3.63, 3.8) is 0 Å². The Morgan fingerprint density at radius 1 is 1.23 bits per heavy atom. The Kier molecular flexibility index (Phi) is 4.78. The smallest absolute Gasteiger partial charge is 0.245 e. The SMILES string of the molecule is N#Cc1ccc(O)c(S(=O)(=O)NC(N)Cc2ccccc2)c1. The molecule has 0 spiro atoms. The van der Waals surface area contributed by atoms with Crippen molar-refractivity contribution in [2.24, 2.45) is 5.73 Å². The van der Waals surface area contributed by atoms with Gasteiger partial charge in [-0.05, 0) is 23.8 Å². The molecule has 0 bridgehead atoms. The standard InChI is InChI=1S/C15H15N3O3S/c16-10-12-6-7-13(19)14(8-12)22(20,21)18-15(17)9-11-4-2-1-3-5-11/h1-8,15,18-19H,9,17H2. The molecule has 0 aliphatic rings. The van der Waals surface area contributed by atoms with E-state index in [2.05, 4.69) is 4.72 Å². The maximum atomic E-state index is 12.3. The summed E-state index contributed by atoms with van der Waals surface area (Å²) < 4.78 is 26.8. The first-order chi connectivity index (χ1) is 10.4. The van der Waals surface area contributed by atoms with Gasteiger partial charge in [0.1, 0.15) is 10.6 Å². The zero-order valence-electron chi connectivity index (χ0n) is 11.6. The number of hydrogen-bond acceptors (Lipinski definition) is 5. The van der Waals surface area contributed by atoms with Gasteiger partial charge in [-0.1, -0.05) is 30.3 Å². The van der Waals surface area contributed by atoms with E-state index in [0.717, 1.165) is 17.7 Å². The lowest BCUT2D eigenvalue weighted by molar-refractivity contribution is 0.456. The first kappa shape index (κ1) is 16.0. The lowest BCUT2D eigenvalue weighted by Crippen LogP contribution is -2.42. The van der Waals surface area contributed by atoms with Crippen molar-refractivity contribution in [1.82, 2.24) is 4.72 Å². The van der Waals surface area contributed by atoms with Crippen LogP contribution in [0.3, 0.4) is 0 Å². The van der Waals surface area contributed by atoms with Gasteiger partial charge in [-0.3, -0.25) is 0 Å². The number of nitrogens with zero attached hydrogens (tertiary/aromatic N) is 1. The number of aromatic hydroxyl groups is 1. The third-order valence-electron chi connectivity index (χ3n) is 2.98. The second-order valence-electron chi connectivity index (χ2n) is 4.71. The highest BCUT2D eigenvalue weighted by Gasteiger charge is 2.22. The number of phenols is 1. The molecule has 4 N–H and O–H groups in total. The van der Waals surface area contributed by atoms with Crippen LogP contribution >= 0.6 is 0 Å². The summed E-state index contributed by atoms with van der Waals surface area (Å²) in [6.45, 7) is 0. The number of phenolic OH excluding ortho intramolecular Hbond substituents is 1. The molecule has 0 aromatic heterocycles. The van der Waals surface area contributed by atoms with Crippen molar-refractivity contribution in [2.75, 3.05) is 0 Å². The monoisotopic (exact) mass is 317 g/mol. The average molecular weight is 317 g/mol. The Labute approximate surface area is 128 Å². The van der Waals surface area contributed by atoms with Gasteiger partial charge in [-0.25, -0.2) is 8.42 Å². The predicted molar refractivity (Wildman–Crippen MR) is 81.3 cm³/mol. The highest BCUT2D eigenvalue weighted by molar-refractivity contribution is 7.89. The number of nitrogens with one attached hydrogen (secondary N) is 1. The summed E-state index contributed by atoms with van der Waals surface area (Å²) in [5, 5.41) is 18.5. The van der Waals surface area contributed by atoms with E-state index in [1.54, 1.807) is 0 Å². The lowest BCUT2D eigenvalue weighted by Gasteiger charge is -2.15. The number of nitriles is 1. The normalized spacial score (nSPS) is 12.5. The van der Waals surface area contributed by atoms with Gasteiger partial charge in [0.15, 0.2) is 0 Å². The third kappa shape index (κ3) is 3.83. The Balaban J connectivity index is 2.19. The molecular formula is C15H15N3O3S. The fourth-order valence-corrected chi connectivity index (χ4v) is 3.21. The van der Waals surface area contributed by atoms with E-state index < -0.39 is 21.9 Å². The molecule has 0 aliphatic heterocycles. The van der Waals surface area contributed by atoms with Gasteiger partial charge in [0.25, 0.3) is 0 Å². The molecule has 2 rings (SSSR count). The summed E-state index contributed by atoms with van der Waals surface area (Å²) in [7, 11) is -4.02. The molecule has 22 heavy (non-hydrogen) atoms. The minimum absolute atomic E-state index is 0.134. The highest BCUT2D eigenvalue weighted by atomic mass is 32.2. The minimum atomic E-state index is -4.02. The minimum Gasteiger partial charge on any atom is -0.507 e. The van der Waals surface area contributed by atoms with Gasteiger partial charge >= 0.3 is 0 Å². The lowest BCUT2D eigenvalue weighted by atomic mass is 10.1. The Morgan fingerprint density at radius 2 is 1.91 bits per heavy atom. The van der Waals surface area contributed by atoms with E-state index in [4.69, 9.17) is 11.0 Å². The number of hydrogen-bond donors (Lipinski definition) is 3. The zero-order valence-corrected chi connectivity index (χ0v) is 12.4. The van der Waals surface area contributed by atoms with Crippen LogP contribution in [0.15, 0.2) is 53.4 Å². The van der Waals surface area contributed by atoms with Crippen molar-refractivity contribution in [3.8, 4) is 11.8 Å². The molecule has 0 radical (unpaired) electrons. The van der Waals surface area contributed by atoms with Gasteiger partial charge in [-0.2, -0.15) is 9.98 Å². The zero-order chi connectivity index (χ0) is 16.2. The molecule has 0 heterocycles. The molecule has 2 aromatic rings. The van der Waals surface area contributed by atoms with E-state index in [1.165, 1.54) is 6.07 Å². The van der Waals surface area contributed by atoms with E-state index >= 15 is 0 Å². The summed E-state index contributed by atoms with van der Waals surface area (Å²) in [4.78, 5) is -0.366. The number of sulfonamides is 1. The Hall–Kier alpha value is -2.40. The van der Waals surface area contributed by atoms with Crippen LogP contribution < -0.4 is 10.5 Å². The second-order valence-corrected chi connectivity index (χ2v) is 6.39. The van der Waals surface area contributed by atoms with Crippen LogP contribution in [0.2, 0.25) is 0 Å². The van der Waals surface area contributed by atoms with Crippen LogP contribution in [-0.4, -0.2) is 19.7 Å². The van der Waals surface area contributed by atoms with E-state index in [9.17, 15) is 13.5 Å². The summed E-state index contributed by atoms with van der Waals surface area (Å²) in [6.07, 6.45) is -0.545. The molecule has 114 valence electrons. The molecule has 0 aliphatic carbocycles. The number of nitrogens with two attached hydrogens (primary N) is 1. The maximum Gasteiger partial charge on any atom is 0.245 e. The van der Waals surface area contributed by atoms with Crippen LogP contribution in [0.25, 0.3) is 0 Å². The van der Waals surface area contributed by atoms with Gasteiger partial charge in [0.2, 0.25) is 10.0 Å². The van der Waals surface area contributed by atoms with Crippen LogP contribution in [0.1, 0.15) is 11.1 Å². The van der Waals surface area contributed by atoms with E-state index in [-0.39, 0.29) is 10.5 Å². The summed E-state index contributed by atoms with van der Waals surface area (Å²) in [6, 6.07) is 14.6. The van der Waals surface area contributed by atoms with Crippen molar-refractivity contribution in [2.45, 2.75) is 17.5 Å². The number of rotatable bonds is 5. The van der Waals surface area contributed by atoms with Gasteiger partial charge in [0, 0.05) is 6.42 Å². The van der Waals surface area contributed by atoms with Gasteiger partial charge in [-0.15, -0.1) is 0 Å². The van der Waals surface area contributed by atoms with Crippen molar-refractivity contribution < 1.29 is 13.5 Å². The molecule has 2 aromatic carbocycles. The fraction of sp³-hybridized carbons (Fsp3) is 0.133. The molecule has 0 saturated heterocycles. The topological polar surface area (TPSA) is 116 Å². The summed E-state index contributed by atoms with van der Waals surface area (Å²) in [5.74, 6) is -0.432. The molecule has 0 amide bonds. The average Bonchev–Trinajstić information content (AvgIpc) is 2.48. The molecule has 0 saturated carbocycles. The van der Waals surface area contributed by atoms with Crippen molar-refractivity contribution in [1.29, 1.82) is 5.26 Å².